The minimum Gasteiger partial charge on any atom is -0.463 e. The second-order valence-corrected chi connectivity index (χ2v) is 6.35. The van der Waals surface area contributed by atoms with E-state index < -0.39 is 6.04 Å². The van der Waals surface area contributed by atoms with Crippen molar-refractivity contribution in [2.45, 2.75) is 19.9 Å². The van der Waals surface area contributed by atoms with Crippen molar-refractivity contribution in [3.05, 3.63) is 62.7 Å². The van der Waals surface area contributed by atoms with Gasteiger partial charge in [-0.15, -0.1) is 11.3 Å². The number of ether oxygens (including phenoxy) is 1. The van der Waals surface area contributed by atoms with Gasteiger partial charge in [-0.1, -0.05) is 23.7 Å². The van der Waals surface area contributed by atoms with Crippen LogP contribution in [0.5, 0.6) is 0 Å². The number of aromatic nitrogens is 1. The number of hydrogen-bond donors (Lipinski definition) is 1. The SMILES string of the molecule is CCOC(=O)C1=C(C)NC(c2cscn2)=NC1c1cccc(Cl)c1. The van der Waals surface area contributed by atoms with Crippen LogP contribution < -0.4 is 5.32 Å². The topological polar surface area (TPSA) is 63.6 Å². The molecule has 124 valence electrons. The Morgan fingerprint density at radius 3 is 2.96 bits per heavy atom. The monoisotopic (exact) mass is 361 g/mol. The lowest BCUT2D eigenvalue weighted by atomic mass is 9.96. The highest BCUT2D eigenvalue weighted by Gasteiger charge is 2.31. The number of nitrogens with zero attached hydrogens (tertiary/aromatic N) is 2. The molecule has 1 aliphatic heterocycles. The van der Waals surface area contributed by atoms with Crippen molar-refractivity contribution in [2.75, 3.05) is 6.61 Å². The van der Waals surface area contributed by atoms with Crippen molar-refractivity contribution in [1.82, 2.24) is 10.3 Å². The number of allylic oxidation sites excluding steroid dienone is 1. The molecule has 1 unspecified atom stereocenters. The molecule has 1 aliphatic rings. The number of aliphatic imine (C=N–C) groups is 1. The maximum absolute atomic E-state index is 12.4. The molecule has 24 heavy (non-hydrogen) atoms. The molecule has 0 fully saturated rings. The van der Waals surface area contributed by atoms with Crippen LogP contribution in [0.1, 0.15) is 31.1 Å². The maximum Gasteiger partial charge on any atom is 0.338 e. The van der Waals surface area contributed by atoms with Gasteiger partial charge < -0.3 is 10.1 Å². The van der Waals surface area contributed by atoms with Crippen LogP contribution in [0, 0.1) is 0 Å². The molecule has 1 N–H and O–H groups in total. The van der Waals surface area contributed by atoms with Gasteiger partial charge in [0.2, 0.25) is 0 Å². The first-order chi connectivity index (χ1) is 11.6. The lowest BCUT2D eigenvalue weighted by Gasteiger charge is -2.25. The van der Waals surface area contributed by atoms with Crippen LogP contribution in [0.2, 0.25) is 5.02 Å². The molecule has 0 aliphatic carbocycles. The Kier molecular flexibility index (Phi) is 4.97. The minimum absolute atomic E-state index is 0.306. The van der Waals surface area contributed by atoms with Crippen molar-refractivity contribution < 1.29 is 9.53 Å². The zero-order valence-electron chi connectivity index (χ0n) is 13.2. The number of carbonyl (C=O) groups excluding carboxylic acids is 1. The van der Waals surface area contributed by atoms with E-state index in [2.05, 4.69) is 10.3 Å². The summed E-state index contributed by atoms with van der Waals surface area (Å²) in [6.07, 6.45) is 0. The summed E-state index contributed by atoms with van der Waals surface area (Å²) >= 11 is 7.61. The van der Waals surface area contributed by atoms with Crippen LogP contribution in [0.25, 0.3) is 0 Å². The molecule has 5 nitrogen and oxygen atoms in total. The lowest BCUT2D eigenvalue weighted by Crippen LogP contribution is -2.33. The second kappa shape index (κ2) is 7.15. The molecule has 1 atom stereocenters. The largest absolute Gasteiger partial charge is 0.463 e. The van der Waals surface area contributed by atoms with E-state index in [0.717, 1.165) is 11.3 Å². The number of nitrogens with one attached hydrogen (secondary N) is 1. The van der Waals surface area contributed by atoms with E-state index in [9.17, 15) is 4.79 Å². The predicted octanol–water partition coefficient (Wildman–Crippen LogP) is 3.72. The van der Waals surface area contributed by atoms with Crippen molar-refractivity contribution in [1.29, 1.82) is 0 Å². The van der Waals surface area contributed by atoms with Crippen molar-refractivity contribution in [2.24, 2.45) is 4.99 Å². The summed E-state index contributed by atoms with van der Waals surface area (Å²) in [6, 6.07) is 6.86. The van der Waals surface area contributed by atoms with Crippen LogP contribution in [-0.4, -0.2) is 23.4 Å². The fourth-order valence-electron chi connectivity index (χ4n) is 2.53. The Morgan fingerprint density at radius 2 is 2.29 bits per heavy atom. The van der Waals surface area contributed by atoms with Gasteiger partial charge in [0.1, 0.15) is 11.7 Å². The molecule has 0 spiro atoms. The number of esters is 1. The smallest absolute Gasteiger partial charge is 0.338 e. The molecule has 0 radical (unpaired) electrons. The van der Waals surface area contributed by atoms with Gasteiger partial charge in [-0.25, -0.2) is 9.78 Å². The summed E-state index contributed by atoms with van der Waals surface area (Å²) in [4.78, 5) is 21.4. The highest BCUT2D eigenvalue weighted by atomic mass is 35.5. The van der Waals surface area contributed by atoms with Gasteiger partial charge in [0.25, 0.3) is 0 Å². The van der Waals surface area contributed by atoms with E-state index in [1.807, 2.05) is 30.5 Å². The molecule has 1 aromatic heterocycles. The van der Waals surface area contributed by atoms with Crippen LogP contribution in [-0.2, 0) is 9.53 Å². The van der Waals surface area contributed by atoms with Crippen molar-refractivity contribution in [3.8, 4) is 0 Å². The van der Waals surface area contributed by atoms with E-state index in [0.29, 0.717) is 28.7 Å². The van der Waals surface area contributed by atoms with Gasteiger partial charge in [0.15, 0.2) is 5.84 Å². The molecular formula is C17H16ClN3O2S. The Labute approximate surface area is 149 Å². The van der Waals surface area contributed by atoms with Gasteiger partial charge >= 0.3 is 5.97 Å². The average molecular weight is 362 g/mol. The third-order valence-corrected chi connectivity index (χ3v) is 4.40. The third-order valence-electron chi connectivity index (χ3n) is 3.58. The van der Waals surface area contributed by atoms with E-state index in [1.54, 1.807) is 18.5 Å². The summed E-state index contributed by atoms with van der Waals surface area (Å²) in [7, 11) is 0. The van der Waals surface area contributed by atoms with Crippen molar-refractivity contribution >= 4 is 34.7 Å². The third kappa shape index (κ3) is 3.34. The number of thiazole rings is 1. The molecule has 1 aromatic carbocycles. The van der Waals surface area contributed by atoms with E-state index in [-0.39, 0.29) is 5.97 Å². The number of rotatable bonds is 4. The summed E-state index contributed by atoms with van der Waals surface area (Å²) < 4.78 is 5.21. The number of amidine groups is 1. The molecule has 2 aromatic rings. The molecule has 2 heterocycles. The van der Waals surface area contributed by atoms with Gasteiger partial charge in [0.05, 0.1) is 17.7 Å². The van der Waals surface area contributed by atoms with Gasteiger partial charge in [-0.3, -0.25) is 4.99 Å². The van der Waals surface area contributed by atoms with Gasteiger partial charge in [0, 0.05) is 16.1 Å². The second-order valence-electron chi connectivity index (χ2n) is 5.19. The summed E-state index contributed by atoms with van der Waals surface area (Å²) in [5.74, 6) is 0.250. The standard InChI is InChI=1S/C17H16ClN3O2S/c1-3-23-17(22)14-10(2)20-16(13-8-24-9-19-13)21-15(14)11-5-4-6-12(18)7-11/h4-9,15H,3H2,1-2H3,(H,20,21). The molecular weight excluding hydrogens is 346 g/mol. The fraction of sp³-hybridized carbons (Fsp3) is 0.235. The number of benzene rings is 1. The average Bonchev–Trinajstić information content (AvgIpc) is 3.08. The van der Waals surface area contributed by atoms with Crippen LogP contribution in [0.3, 0.4) is 0 Å². The highest BCUT2D eigenvalue weighted by Crippen LogP contribution is 2.33. The quantitative estimate of drug-likeness (QED) is 0.843. The van der Waals surface area contributed by atoms with Crippen LogP contribution >= 0.6 is 22.9 Å². The summed E-state index contributed by atoms with van der Waals surface area (Å²) in [6.45, 7) is 3.92. The zero-order valence-corrected chi connectivity index (χ0v) is 14.8. The summed E-state index contributed by atoms with van der Waals surface area (Å²) in [5.41, 5.74) is 4.51. The Morgan fingerprint density at radius 1 is 1.46 bits per heavy atom. The Bertz CT molecular complexity index is 815. The molecule has 3 rings (SSSR count). The Balaban J connectivity index is 2.08. The molecule has 0 saturated heterocycles. The summed E-state index contributed by atoms with van der Waals surface area (Å²) in [5, 5.41) is 5.66. The first-order valence-corrected chi connectivity index (χ1v) is 8.79. The number of hydrogen-bond acceptors (Lipinski definition) is 6. The van der Waals surface area contributed by atoms with Gasteiger partial charge in [-0.2, -0.15) is 0 Å². The number of halogens is 1. The first kappa shape index (κ1) is 16.7. The van der Waals surface area contributed by atoms with Gasteiger partial charge in [-0.05, 0) is 31.5 Å². The minimum atomic E-state index is -0.485. The molecule has 0 saturated carbocycles. The van der Waals surface area contributed by atoms with Crippen LogP contribution in [0.4, 0.5) is 0 Å². The maximum atomic E-state index is 12.4. The molecule has 7 heteroatoms. The molecule has 0 amide bonds. The Hall–Kier alpha value is -2.18. The first-order valence-electron chi connectivity index (χ1n) is 7.47. The van der Waals surface area contributed by atoms with E-state index in [1.165, 1.54) is 11.3 Å². The highest BCUT2D eigenvalue weighted by molar-refractivity contribution is 7.07. The predicted molar refractivity (Wildman–Crippen MR) is 95.3 cm³/mol. The van der Waals surface area contributed by atoms with Crippen LogP contribution in [0.15, 0.2) is 51.4 Å². The zero-order chi connectivity index (χ0) is 17.1. The fourth-order valence-corrected chi connectivity index (χ4v) is 3.26. The number of carbonyl (C=O) groups is 1. The molecule has 0 bridgehead atoms. The van der Waals surface area contributed by atoms with Crippen molar-refractivity contribution in [3.63, 3.8) is 0 Å². The van der Waals surface area contributed by atoms with E-state index >= 15 is 0 Å². The lowest BCUT2D eigenvalue weighted by molar-refractivity contribution is -0.138. The van der Waals surface area contributed by atoms with E-state index in [4.69, 9.17) is 21.3 Å². The normalized spacial score (nSPS) is 17.3.